The Morgan fingerprint density at radius 2 is 1.79 bits per heavy atom. The number of carboxylic acids is 1. The second-order valence-electron chi connectivity index (χ2n) is 13.0. The summed E-state index contributed by atoms with van der Waals surface area (Å²) in [5.41, 5.74) is 3.61. The Morgan fingerprint density at radius 3 is 2.54 bits per heavy atom. The summed E-state index contributed by atoms with van der Waals surface area (Å²) in [5, 5.41) is 40.7. The molecule has 48 heavy (non-hydrogen) atoms. The third-order valence-electron chi connectivity index (χ3n) is 8.91. The first kappa shape index (κ1) is 34.1. The first-order valence-corrected chi connectivity index (χ1v) is 16.4. The first-order chi connectivity index (χ1) is 23.0. The van der Waals surface area contributed by atoms with Gasteiger partial charge in [-0.05, 0) is 48.9 Å². The molecule has 0 aromatic heterocycles. The number of fused-ring (bicyclic) bond motifs is 6. The largest absolute Gasteiger partial charge is 0.492 e. The Balaban J connectivity index is 1.22. The van der Waals surface area contributed by atoms with Gasteiger partial charge in [-0.1, -0.05) is 33.6 Å². The first-order valence-electron chi connectivity index (χ1n) is 16.4. The summed E-state index contributed by atoms with van der Waals surface area (Å²) in [4.78, 5) is 33.5. The molecule has 0 amide bonds. The van der Waals surface area contributed by atoms with Crippen LogP contribution in [0, 0.1) is 5.92 Å². The summed E-state index contributed by atoms with van der Waals surface area (Å²) in [6, 6.07) is 5.50. The Bertz CT molecular complexity index is 1510. The van der Waals surface area contributed by atoms with Crippen LogP contribution in [0.2, 0.25) is 0 Å². The highest BCUT2D eigenvalue weighted by molar-refractivity contribution is 5.90. The summed E-state index contributed by atoms with van der Waals surface area (Å²) in [6.07, 6.45) is -4.91. The van der Waals surface area contributed by atoms with Crippen LogP contribution in [0.25, 0.3) is 0 Å². The maximum Gasteiger partial charge on any atom is 0.317 e. The minimum absolute atomic E-state index is 0.125. The van der Waals surface area contributed by atoms with Crippen molar-refractivity contribution in [3.05, 3.63) is 40.5 Å². The molecule has 14 heteroatoms. The summed E-state index contributed by atoms with van der Waals surface area (Å²) >= 11 is 0. The fraction of sp³-hybridized carbons (Fsp3) is 0.588. The lowest BCUT2D eigenvalue weighted by molar-refractivity contribution is -0.365. The number of unbranched alkanes of at least 4 members (excludes halogenated alkanes) is 2. The van der Waals surface area contributed by atoms with Crippen LogP contribution in [0.4, 0.5) is 0 Å². The number of hydrogen-bond acceptors (Lipinski definition) is 13. The van der Waals surface area contributed by atoms with E-state index in [1.165, 1.54) is 0 Å². The number of aryl methyl sites for hydroxylation is 1. The number of carboxylic acid groups (broad SMARTS) is 1. The molecule has 4 aliphatic rings. The zero-order chi connectivity index (χ0) is 34.1. The highest BCUT2D eigenvalue weighted by Gasteiger charge is 2.47. The van der Waals surface area contributed by atoms with Crippen molar-refractivity contribution in [3.63, 3.8) is 0 Å². The molecule has 2 aromatic rings. The minimum atomic E-state index is -1.78. The molecule has 14 nitrogen and oxygen atoms in total. The number of carbonyl (C=O) groups is 2. The molecular formula is C34H42O14. The van der Waals surface area contributed by atoms with Crippen molar-refractivity contribution >= 4 is 11.9 Å². The van der Waals surface area contributed by atoms with Crippen LogP contribution in [0.1, 0.15) is 80.7 Å². The molecule has 0 bridgehead atoms. The molecule has 4 N–H and O–H groups in total. The molecule has 0 spiro atoms. The highest BCUT2D eigenvalue weighted by Crippen LogP contribution is 2.57. The molecule has 7 unspecified atom stereocenters. The van der Waals surface area contributed by atoms with E-state index in [1.54, 1.807) is 12.1 Å². The molecule has 6 rings (SSSR count). The topological polar surface area (TPSA) is 189 Å². The quantitative estimate of drug-likeness (QED) is 0.0798. The zero-order valence-electron chi connectivity index (χ0n) is 27.1. The van der Waals surface area contributed by atoms with Crippen molar-refractivity contribution in [2.24, 2.45) is 5.92 Å². The Kier molecular flexibility index (Phi) is 10.2. The van der Waals surface area contributed by atoms with E-state index < -0.39 is 61.8 Å². The second-order valence-corrected chi connectivity index (χ2v) is 13.0. The summed E-state index contributed by atoms with van der Waals surface area (Å²) in [6.45, 7) is 6.36. The van der Waals surface area contributed by atoms with Crippen LogP contribution in [-0.2, 0) is 36.8 Å². The molecule has 0 saturated carbocycles. The van der Waals surface area contributed by atoms with Crippen molar-refractivity contribution < 1.29 is 68.2 Å². The Labute approximate surface area is 277 Å². The van der Waals surface area contributed by atoms with Gasteiger partial charge in [0.1, 0.15) is 48.9 Å². The van der Waals surface area contributed by atoms with Crippen LogP contribution in [0.15, 0.2) is 18.2 Å². The van der Waals surface area contributed by atoms with Gasteiger partial charge in [-0.15, -0.1) is 0 Å². The fourth-order valence-electron chi connectivity index (χ4n) is 6.62. The van der Waals surface area contributed by atoms with Crippen LogP contribution in [-0.4, -0.2) is 83.1 Å². The van der Waals surface area contributed by atoms with Gasteiger partial charge in [0.2, 0.25) is 6.79 Å². The second kappa shape index (κ2) is 14.3. The molecule has 7 atom stereocenters. The van der Waals surface area contributed by atoms with Crippen molar-refractivity contribution in [1.82, 2.24) is 0 Å². The van der Waals surface area contributed by atoms with Crippen LogP contribution < -0.4 is 23.8 Å². The maximum absolute atomic E-state index is 11.6. The van der Waals surface area contributed by atoms with E-state index in [-0.39, 0.29) is 18.5 Å². The number of hydrogen-bond donors (Lipinski definition) is 4. The number of rotatable bonds is 13. The lowest BCUT2D eigenvalue weighted by Crippen LogP contribution is -2.59. The molecule has 1 saturated heterocycles. The molecule has 1 fully saturated rings. The molecule has 2 aromatic carbocycles. The number of aliphatic hydroxyl groups excluding tert-OH is 3. The maximum atomic E-state index is 11.6. The fourth-order valence-corrected chi connectivity index (χ4v) is 6.62. The SMILES string of the molecule is CCCCCc1cc(OOC2C(O)OC(COC(=O)CC(=O)O)C(O)C2O)cc2c1OCC1c3cc4c(c(CC(C)C)c3OC21)OCO4. The third-order valence-corrected chi connectivity index (χ3v) is 8.91. The van der Waals surface area contributed by atoms with Gasteiger partial charge < -0.3 is 53.7 Å². The number of ether oxygens (including phenoxy) is 6. The number of benzene rings is 2. The van der Waals surface area contributed by atoms with Crippen LogP contribution in [0.3, 0.4) is 0 Å². The van der Waals surface area contributed by atoms with Crippen LogP contribution >= 0.6 is 0 Å². The van der Waals surface area contributed by atoms with Gasteiger partial charge in [0.25, 0.3) is 0 Å². The number of aliphatic hydroxyl groups is 3. The lowest BCUT2D eigenvalue weighted by Gasteiger charge is -2.39. The van der Waals surface area contributed by atoms with Gasteiger partial charge in [0, 0.05) is 16.7 Å². The summed E-state index contributed by atoms with van der Waals surface area (Å²) in [5.74, 6) is 0.931. The zero-order valence-corrected chi connectivity index (χ0v) is 27.1. The van der Waals surface area contributed by atoms with Gasteiger partial charge in [0.05, 0.1) is 12.5 Å². The highest BCUT2D eigenvalue weighted by atomic mass is 17.2. The van der Waals surface area contributed by atoms with E-state index in [0.29, 0.717) is 30.4 Å². The predicted molar refractivity (Wildman–Crippen MR) is 164 cm³/mol. The average Bonchev–Trinajstić information content (AvgIpc) is 3.67. The van der Waals surface area contributed by atoms with Gasteiger partial charge in [-0.2, -0.15) is 4.89 Å². The number of esters is 1. The molecule has 0 radical (unpaired) electrons. The average molecular weight is 675 g/mol. The van der Waals surface area contributed by atoms with E-state index >= 15 is 0 Å². The molecular weight excluding hydrogens is 632 g/mol. The molecule has 4 aliphatic heterocycles. The van der Waals surface area contributed by atoms with E-state index in [2.05, 4.69) is 20.8 Å². The van der Waals surface area contributed by atoms with Crippen molar-refractivity contribution in [1.29, 1.82) is 0 Å². The van der Waals surface area contributed by atoms with Crippen molar-refractivity contribution in [3.8, 4) is 28.7 Å². The summed E-state index contributed by atoms with van der Waals surface area (Å²) in [7, 11) is 0. The lowest BCUT2D eigenvalue weighted by atomic mass is 9.86. The van der Waals surface area contributed by atoms with Crippen LogP contribution in [0.5, 0.6) is 28.7 Å². The monoisotopic (exact) mass is 674 g/mol. The van der Waals surface area contributed by atoms with Gasteiger partial charge in [-0.3, -0.25) is 9.59 Å². The van der Waals surface area contributed by atoms with E-state index in [0.717, 1.165) is 59.4 Å². The van der Waals surface area contributed by atoms with Gasteiger partial charge >= 0.3 is 11.9 Å². The summed E-state index contributed by atoms with van der Waals surface area (Å²) < 4.78 is 34.9. The van der Waals surface area contributed by atoms with Crippen molar-refractivity contribution in [2.75, 3.05) is 20.0 Å². The Morgan fingerprint density at radius 1 is 0.979 bits per heavy atom. The number of aliphatic carboxylic acids is 1. The smallest absolute Gasteiger partial charge is 0.317 e. The van der Waals surface area contributed by atoms with Crippen molar-refractivity contribution in [2.45, 2.75) is 102 Å². The van der Waals surface area contributed by atoms with Gasteiger partial charge in [0.15, 0.2) is 29.6 Å². The normalized spacial score (nSPS) is 26.6. The van der Waals surface area contributed by atoms with E-state index in [4.69, 9.17) is 43.3 Å². The third kappa shape index (κ3) is 6.85. The van der Waals surface area contributed by atoms with Gasteiger partial charge in [-0.25, -0.2) is 0 Å². The Hall–Kier alpha value is -3.82. The van der Waals surface area contributed by atoms with E-state index in [9.17, 15) is 24.9 Å². The number of carbonyl (C=O) groups excluding carboxylic acids is 1. The van der Waals surface area contributed by atoms with E-state index in [1.807, 2.05) is 6.07 Å². The molecule has 0 aliphatic carbocycles. The molecule has 262 valence electrons. The predicted octanol–water partition coefficient (Wildman–Crippen LogP) is 3.09. The molecule has 4 heterocycles. The standard InChI is InChI=1S/C34H42O14/c1-4-5-6-7-17-9-18(47-48-33-28(39)27(38)24(45-34(33)40)14-41-26(37)12-25(35)36)10-21-29(17)42-13-22-19-11-23-32(44-15-43-23)20(8-16(2)3)30(19)46-31(21)22/h9-11,16,22,24,27-28,31,33-34,38-40H,4-8,12-15H2,1-3H3,(H,35,36). The minimum Gasteiger partial charge on any atom is -0.492 e.